The van der Waals surface area contributed by atoms with Gasteiger partial charge in [-0.25, -0.2) is 4.79 Å². The van der Waals surface area contributed by atoms with Crippen molar-refractivity contribution >= 4 is 23.0 Å². The SMILES string of the molecule is COc1ccc(CN2C(=O)SCC2[C@]23C[C@@H](CCCC=CCCC(C)=CC(=O)O2)O[C@@H](OC)C3)cc1. The zero-order valence-electron chi connectivity index (χ0n) is 21.4. The number of fused-ring (bicyclic) bond motifs is 2. The van der Waals surface area contributed by atoms with E-state index in [4.69, 9.17) is 18.9 Å². The Morgan fingerprint density at radius 3 is 2.64 bits per heavy atom. The van der Waals surface area contributed by atoms with Crippen molar-refractivity contribution in [2.75, 3.05) is 20.0 Å². The van der Waals surface area contributed by atoms with Crippen LogP contribution in [0.3, 0.4) is 0 Å². The van der Waals surface area contributed by atoms with E-state index in [1.54, 1.807) is 20.3 Å². The Labute approximate surface area is 218 Å². The van der Waals surface area contributed by atoms with E-state index >= 15 is 0 Å². The van der Waals surface area contributed by atoms with E-state index in [2.05, 4.69) is 12.2 Å². The van der Waals surface area contributed by atoms with Crippen molar-refractivity contribution in [3.63, 3.8) is 0 Å². The number of hydrogen-bond acceptors (Lipinski definition) is 7. The summed E-state index contributed by atoms with van der Waals surface area (Å²) in [6.45, 7) is 2.39. The van der Waals surface area contributed by atoms with Crippen LogP contribution >= 0.6 is 11.8 Å². The number of methoxy groups -OCH3 is 2. The first kappa shape index (κ1) is 26.8. The molecule has 8 heteroatoms. The van der Waals surface area contributed by atoms with Crippen LogP contribution in [0.1, 0.15) is 57.4 Å². The Morgan fingerprint density at radius 2 is 1.89 bits per heavy atom. The van der Waals surface area contributed by atoms with Crippen molar-refractivity contribution in [3.05, 3.63) is 53.6 Å². The minimum Gasteiger partial charge on any atom is -0.497 e. The summed E-state index contributed by atoms with van der Waals surface area (Å²) in [4.78, 5) is 28.2. The van der Waals surface area contributed by atoms with Crippen LogP contribution in [0.2, 0.25) is 0 Å². The number of rotatable bonds is 5. The molecule has 1 unspecified atom stereocenters. The molecule has 4 atom stereocenters. The monoisotopic (exact) mass is 515 g/mol. The van der Waals surface area contributed by atoms with Gasteiger partial charge < -0.3 is 23.8 Å². The zero-order valence-corrected chi connectivity index (χ0v) is 22.3. The lowest BCUT2D eigenvalue weighted by Crippen LogP contribution is -2.60. The number of amides is 1. The van der Waals surface area contributed by atoms with Gasteiger partial charge in [0.1, 0.15) is 11.4 Å². The fourth-order valence-electron chi connectivity index (χ4n) is 5.30. The van der Waals surface area contributed by atoms with Crippen LogP contribution in [0.25, 0.3) is 0 Å². The maximum Gasteiger partial charge on any atom is 0.331 e. The first-order chi connectivity index (χ1) is 17.4. The van der Waals surface area contributed by atoms with Crippen molar-refractivity contribution in [3.8, 4) is 5.75 Å². The molecule has 0 aromatic heterocycles. The first-order valence-electron chi connectivity index (χ1n) is 12.7. The molecule has 1 amide bonds. The average molecular weight is 516 g/mol. The van der Waals surface area contributed by atoms with Crippen molar-refractivity contribution < 1.29 is 28.5 Å². The number of benzene rings is 1. The van der Waals surface area contributed by atoms with Crippen LogP contribution in [-0.4, -0.2) is 60.1 Å². The van der Waals surface area contributed by atoms with Gasteiger partial charge in [0, 0.05) is 38.3 Å². The predicted octanol–water partition coefficient (Wildman–Crippen LogP) is 5.63. The first-order valence-corrected chi connectivity index (χ1v) is 13.7. The normalized spacial score (nSPS) is 29.9. The Bertz CT molecular complexity index is 977. The van der Waals surface area contributed by atoms with E-state index in [9.17, 15) is 9.59 Å². The van der Waals surface area contributed by atoms with Crippen molar-refractivity contribution in [1.29, 1.82) is 0 Å². The summed E-state index contributed by atoms with van der Waals surface area (Å²) in [5, 5.41) is -0.00508. The molecule has 0 saturated carbocycles. The Morgan fingerprint density at radius 1 is 1.11 bits per heavy atom. The molecule has 0 spiro atoms. The highest BCUT2D eigenvalue weighted by atomic mass is 32.2. The second kappa shape index (κ2) is 12.3. The molecule has 2 saturated heterocycles. The van der Waals surface area contributed by atoms with E-state index in [-0.39, 0.29) is 23.4 Å². The van der Waals surface area contributed by atoms with Crippen LogP contribution in [-0.2, 0) is 25.5 Å². The van der Waals surface area contributed by atoms with Gasteiger partial charge in [-0.2, -0.15) is 0 Å². The van der Waals surface area contributed by atoms with Gasteiger partial charge in [-0.1, -0.05) is 41.6 Å². The van der Waals surface area contributed by atoms with Crippen LogP contribution in [0, 0.1) is 0 Å². The third kappa shape index (κ3) is 6.52. The number of esters is 1. The molecule has 3 aliphatic rings. The van der Waals surface area contributed by atoms with Crippen molar-refractivity contribution in [2.24, 2.45) is 0 Å². The second-order valence-corrected chi connectivity index (χ2v) is 10.8. The summed E-state index contributed by atoms with van der Waals surface area (Å²) in [6, 6.07) is 7.43. The van der Waals surface area contributed by atoms with Crippen LogP contribution < -0.4 is 4.74 Å². The Hall–Kier alpha value is -2.29. The van der Waals surface area contributed by atoms with E-state index in [1.807, 2.05) is 36.1 Å². The minimum absolute atomic E-state index is 0.00508. The standard InChI is InChI=1S/C28H37NO6S/c1-20-9-7-5-4-6-8-10-23-16-28(35-25(30)15-20,17-26(33-3)34-23)24-19-36-27(31)29(24)18-21-11-13-22(32-2)14-12-21/h4-5,11-15,23-24,26H,6-10,16-19H2,1-3H3/t23-,24?,26-,28-/m1/s1. The lowest BCUT2D eigenvalue weighted by atomic mass is 9.81. The fraction of sp³-hybridized carbons (Fsp3) is 0.571. The fourth-order valence-corrected chi connectivity index (χ4v) is 6.44. The van der Waals surface area contributed by atoms with Gasteiger partial charge in [0.2, 0.25) is 0 Å². The summed E-state index contributed by atoms with van der Waals surface area (Å²) in [7, 11) is 3.25. The topological polar surface area (TPSA) is 74.3 Å². The molecule has 1 aromatic carbocycles. The largest absolute Gasteiger partial charge is 0.497 e. The summed E-state index contributed by atoms with van der Waals surface area (Å²) >= 11 is 1.28. The smallest absolute Gasteiger partial charge is 0.331 e. The molecule has 7 nitrogen and oxygen atoms in total. The molecular formula is C28H37NO6S. The number of nitrogens with zero attached hydrogens (tertiary/aromatic N) is 1. The van der Waals surface area contributed by atoms with Gasteiger partial charge >= 0.3 is 5.97 Å². The van der Waals surface area contributed by atoms with E-state index in [1.165, 1.54) is 11.8 Å². The van der Waals surface area contributed by atoms with Crippen LogP contribution in [0.15, 0.2) is 48.1 Å². The molecule has 36 heavy (non-hydrogen) atoms. The summed E-state index contributed by atoms with van der Waals surface area (Å²) < 4.78 is 23.6. The number of hydrogen-bond donors (Lipinski definition) is 0. The highest BCUT2D eigenvalue weighted by molar-refractivity contribution is 8.13. The molecule has 1 aromatic rings. The molecule has 3 aliphatic heterocycles. The highest BCUT2D eigenvalue weighted by Crippen LogP contribution is 2.44. The van der Waals surface area contributed by atoms with Gasteiger partial charge in [0.15, 0.2) is 6.29 Å². The highest BCUT2D eigenvalue weighted by Gasteiger charge is 2.55. The summed E-state index contributed by atoms with van der Waals surface area (Å²) in [6.07, 6.45) is 10.8. The molecular weight excluding hydrogens is 478 g/mol. The third-order valence-corrected chi connectivity index (χ3v) is 8.19. The van der Waals surface area contributed by atoms with Crippen molar-refractivity contribution in [2.45, 2.75) is 82.5 Å². The van der Waals surface area contributed by atoms with Gasteiger partial charge in [-0.3, -0.25) is 4.79 Å². The lowest BCUT2D eigenvalue weighted by Gasteiger charge is -2.48. The third-order valence-electron chi connectivity index (χ3n) is 7.22. The van der Waals surface area contributed by atoms with E-state index in [0.717, 1.165) is 49.0 Å². The average Bonchev–Trinajstić information content (AvgIpc) is 3.23. The number of allylic oxidation sites excluding steroid dienone is 3. The maximum atomic E-state index is 13.2. The van der Waals surface area contributed by atoms with Crippen LogP contribution in [0.5, 0.6) is 5.75 Å². The summed E-state index contributed by atoms with van der Waals surface area (Å²) in [5.74, 6) is 0.956. The molecule has 4 rings (SSSR count). The Balaban J connectivity index is 1.66. The lowest BCUT2D eigenvalue weighted by molar-refractivity contribution is -0.247. The molecule has 2 fully saturated rings. The number of ether oxygens (including phenoxy) is 4. The molecule has 196 valence electrons. The van der Waals surface area contributed by atoms with Crippen molar-refractivity contribution in [1.82, 2.24) is 4.90 Å². The molecule has 0 aliphatic carbocycles. The number of carbonyl (C=O) groups is 2. The second-order valence-electron chi connectivity index (χ2n) is 9.82. The Kier molecular flexibility index (Phi) is 9.14. The maximum absolute atomic E-state index is 13.2. The number of carbonyl (C=O) groups excluding carboxylic acids is 2. The van der Waals surface area contributed by atoms with Gasteiger partial charge in [0.25, 0.3) is 5.24 Å². The van der Waals surface area contributed by atoms with E-state index < -0.39 is 11.9 Å². The predicted molar refractivity (Wildman–Crippen MR) is 140 cm³/mol. The van der Waals surface area contributed by atoms with Gasteiger partial charge in [0.05, 0.1) is 19.3 Å². The van der Waals surface area contributed by atoms with E-state index in [0.29, 0.717) is 25.1 Å². The van der Waals surface area contributed by atoms with Gasteiger partial charge in [-0.15, -0.1) is 0 Å². The van der Waals surface area contributed by atoms with Crippen LogP contribution in [0.4, 0.5) is 4.79 Å². The molecule has 0 radical (unpaired) electrons. The minimum atomic E-state index is -0.900. The number of thioether (sulfide) groups is 1. The quantitative estimate of drug-likeness (QED) is 0.371. The molecule has 3 heterocycles. The summed E-state index contributed by atoms with van der Waals surface area (Å²) in [5.41, 5.74) is 1.08. The molecule has 2 bridgehead atoms. The zero-order chi connectivity index (χ0) is 25.5. The molecule has 0 N–H and O–H groups in total. The van der Waals surface area contributed by atoms with Gasteiger partial charge in [-0.05, 0) is 56.7 Å².